The normalized spacial score (nSPS) is 9.71. The molecule has 0 fully saturated rings. The van der Waals surface area contributed by atoms with Crippen LogP contribution in [0.25, 0.3) is 0 Å². The number of nitrogen functional groups attached to an aromatic ring is 1. The van der Waals surface area contributed by atoms with E-state index >= 15 is 0 Å². The maximum Gasteiger partial charge on any atom is 0.348 e. The lowest BCUT2D eigenvalue weighted by Gasteiger charge is -2.01. The average molecular weight is 252 g/mol. The molecule has 0 unspecified atom stereocenters. The van der Waals surface area contributed by atoms with E-state index in [1.807, 2.05) is 6.07 Å². The topological polar surface area (TPSA) is 93.2 Å². The largest absolute Gasteiger partial charge is 0.465 e. The highest BCUT2D eigenvalue weighted by molar-refractivity contribution is 7.18. The van der Waals surface area contributed by atoms with Crippen LogP contribution in [0.15, 0.2) is 0 Å². The lowest BCUT2D eigenvalue weighted by molar-refractivity contribution is -0.118. The third-order valence-corrected chi connectivity index (χ3v) is 3.33. The van der Waals surface area contributed by atoms with Crippen molar-refractivity contribution in [1.82, 2.24) is 0 Å². The zero-order valence-corrected chi connectivity index (χ0v) is 10.4. The van der Waals surface area contributed by atoms with Crippen molar-refractivity contribution in [3.63, 3.8) is 0 Å². The Labute approximate surface area is 103 Å². The SMILES string of the molecule is CCC(=O)Cc1c(C(=O)OC)sc(N)c1C#N. The second-order valence-electron chi connectivity index (χ2n) is 3.32. The van der Waals surface area contributed by atoms with E-state index in [1.165, 1.54) is 7.11 Å². The molecular weight excluding hydrogens is 240 g/mol. The number of nitrogens with zero attached hydrogens (tertiary/aromatic N) is 1. The summed E-state index contributed by atoms with van der Waals surface area (Å²) in [7, 11) is 1.25. The number of methoxy groups -OCH3 is 1. The van der Waals surface area contributed by atoms with E-state index in [9.17, 15) is 9.59 Å². The summed E-state index contributed by atoms with van der Waals surface area (Å²) in [5, 5.41) is 9.21. The van der Waals surface area contributed by atoms with Crippen molar-refractivity contribution in [2.24, 2.45) is 0 Å². The Hall–Kier alpha value is -1.87. The summed E-state index contributed by atoms with van der Waals surface area (Å²) in [6.45, 7) is 1.72. The summed E-state index contributed by atoms with van der Waals surface area (Å²) in [6, 6.07) is 1.92. The highest BCUT2D eigenvalue weighted by atomic mass is 32.1. The standard InChI is InChI=1S/C11H12N2O3S/c1-3-6(14)4-7-8(5-12)10(13)17-9(7)11(15)16-2/h3-4,13H2,1-2H3. The van der Waals surface area contributed by atoms with E-state index in [0.717, 1.165) is 11.3 Å². The Morgan fingerprint density at radius 2 is 2.18 bits per heavy atom. The van der Waals surface area contributed by atoms with Gasteiger partial charge in [0.25, 0.3) is 0 Å². The smallest absolute Gasteiger partial charge is 0.348 e. The Morgan fingerprint density at radius 3 is 2.65 bits per heavy atom. The van der Waals surface area contributed by atoms with Gasteiger partial charge in [-0.05, 0) is 0 Å². The number of nitriles is 1. The van der Waals surface area contributed by atoms with E-state index in [1.54, 1.807) is 6.92 Å². The number of carbonyl (C=O) groups is 2. The molecular formula is C11H12N2O3S. The van der Waals surface area contributed by atoms with Gasteiger partial charge in [-0.3, -0.25) is 4.79 Å². The van der Waals surface area contributed by atoms with Crippen LogP contribution in [0.3, 0.4) is 0 Å². The molecule has 2 N–H and O–H groups in total. The van der Waals surface area contributed by atoms with E-state index in [2.05, 4.69) is 4.74 Å². The van der Waals surface area contributed by atoms with E-state index < -0.39 is 5.97 Å². The summed E-state index contributed by atoms with van der Waals surface area (Å²) in [6.07, 6.45) is 0.388. The van der Waals surface area contributed by atoms with Crippen molar-refractivity contribution in [2.75, 3.05) is 12.8 Å². The number of thiophene rings is 1. The summed E-state index contributed by atoms with van der Waals surface area (Å²) < 4.78 is 4.60. The number of esters is 1. The third kappa shape index (κ3) is 2.63. The molecule has 0 amide bonds. The minimum atomic E-state index is -0.567. The number of hydrogen-bond donors (Lipinski definition) is 1. The lowest BCUT2D eigenvalue weighted by Crippen LogP contribution is -2.08. The molecule has 0 aliphatic heterocycles. The molecule has 0 radical (unpaired) electrons. The van der Waals surface area contributed by atoms with Crippen molar-refractivity contribution in [2.45, 2.75) is 19.8 Å². The van der Waals surface area contributed by atoms with Gasteiger partial charge in [0, 0.05) is 18.4 Å². The molecule has 0 saturated heterocycles. The monoisotopic (exact) mass is 252 g/mol. The second kappa shape index (κ2) is 5.46. The van der Waals surface area contributed by atoms with Crippen molar-refractivity contribution in [3.8, 4) is 6.07 Å². The Kier molecular flexibility index (Phi) is 4.24. The van der Waals surface area contributed by atoms with Crippen molar-refractivity contribution >= 4 is 28.1 Å². The molecule has 0 atom stereocenters. The zero-order chi connectivity index (χ0) is 13.0. The minimum absolute atomic E-state index is 0.0392. The van der Waals surface area contributed by atoms with Gasteiger partial charge in [0.05, 0.1) is 12.7 Å². The second-order valence-corrected chi connectivity index (χ2v) is 4.37. The molecule has 0 aliphatic rings. The van der Waals surface area contributed by atoms with Gasteiger partial charge in [-0.25, -0.2) is 4.79 Å². The van der Waals surface area contributed by atoms with Gasteiger partial charge in [-0.15, -0.1) is 11.3 Å². The Balaban J connectivity index is 3.27. The van der Waals surface area contributed by atoms with Crippen molar-refractivity contribution < 1.29 is 14.3 Å². The third-order valence-electron chi connectivity index (χ3n) is 2.29. The summed E-state index contributed by atoms with van der Waals surface area (Å²) in [5.74, 6) is -0.619. The molecule has 0 saturated carbocycles. The molecule has 5 nitrogen and oxygen atoms in total. The van der Waals surface area contributed by atoms with Crippen LogP contribution >= 0.6 is 11.3 Å². The molecule has 1 aromatic rings. The quantitative estimate of drug-likeness (QED) is 0.820. The molecule has 1 rings (SSSR count). The van der Waals surface area contributed by atoms with Gasteiger partial charge in [0.15, 0.2) is 0 Å². The first-order chi connectivity index (χ1) is 8.04. The Morgan fingerprint density at radius 1 is 1.53 bits per heavy atom. The molecule has 17 heavy (non-hydrogen) atoms. The number of nitrogens with two attached hydrogens (primary N) is 1. The lowest BCUT2D eigenvalue weighted by atomic mass is 10.0. The van der Waals surface area contributed by atoms with Crippen LogP contribution in [0.1, 0.15) is 34.1 Å². The van der Waals surface area contributed by atoms with Crippen LogP contribution in [0.5, 0.6) is 0 Å². The van der Waals surface area contributed by atoms with Gasteiger partial charge >= 0.3 is 5.97 Å². The minimum Gasteiger partial charge on any atom is -0.465 e. The molecule has 0 aliphatic carbocycles. The van der Waals surface area contributed by atoms with Crippen LogP contribution in [-0.4, -0.2) is 18.9 Å². The highest BCUT2D eigenvalue weighted by Crippen LogP contribution is 2.31. The van der Waals surface area contributed by atoms with Crippen molar-refractivity contribution in [3.05, 3.63) is 16.0 Å². The fourth-order valence-electron chi connectivity index (χ4n) is 1.36. The summed E-state index contributed by atoms with van der Waals surface area (Å²) in [5.41, 5.74) is 6.23. The van der Waals surface area contributed by atoms with Gasteiger partial charge in [-0.1, -0.05) is 6.92 Å². The highest BCUT2D eigenvalue weighted by Gasteiger charge is 2.23. The van der Waals surface area contributed by atoms with Crippen LogP contribution in [0.2, 0.25) is 0 Å². The number of ketones is 1. The fourth-order valence-corrected chi connectivity index (χ4v) is 2.31. The predicted octanol–water partition coefficient (Wildman–Crippen LogP) is 1.51. The van der Waals surface area contributed by atoms with Crippen LogP contribution in [0, 0.1) is 11.3 Å². The van der Waals surface area contributed by atoms with Crippen LogP contribution < -0.4 is 5.73 Å². The summed E-state index contributed by atoms with van der Waals surface area (Å²) >= 11 is 0.979. The van der Waals surface area contributed by atoms with Crippen molar-refractivity contribution in [1.29, 1.82) is 5.26 Å². The molecule has 90 valence electrons. The molecule has 6 heteroatoms. The predicted molar refractivity (Wildman–Crippen MR) is 63.8 cm³/mol. The van der Waals surface area contributed by atoms with E-state index in [0.29, 0.717) is 12.0 Å². The first kappa shape index (κ1) is 13.2. The molecule has 0 bridgehead atoms. The average Bonchev–Trinajstić information content (AvgIpc) is 2.64. The Bertz CT molecular complexity index is 500. The molecule has 0 spiro atoms. The van der Waals surface area contributed by atoms with Crippen LogP contribution in [-0.2, 0) is 16.0 Å². The number of ether oxygens (including phenoxy) is 1. The number of Topliss-reactive ketones (excluding diaryl/α,β-unsaturated/α-hetero) is 1. The first-order valence-corrected chi connectivity index (χ1v) is 5.78. The molecule has 1 heterocycles. The maximum atomic E-state index is 11.5. The van der Waals surface area contributed by atoms with Gasteiger partial charge in [-0.2, -0.15) is 5.26 Å². The summed E-state index contributed by atoms with van der Waals surface area (Å²) in [4.78, 5) is 23.2. The van der Waals surface area contributed by atoms with E-state index in [-0.39, 0.29) is 27.6 Å². The maximum absolute atomic E-state index is 11.5. The van der Waals surface area contributed by atoms with Gasteiger partial charge < -0.3 is 10.5 Å². The van der Waals surface area contributed by atoms with Crippen LogP contribution in [0.4, 0.5) is 5.00 Å². The molecule has 0 aromatic carbocycles. The number of carbonyl (C=O) groups excluding carboxylic acids is 2. The first-order valence-electron chi connectivity index (χ1n) is 4.96. The fraction of sp³-hybridized carbons (Fsp3) is 0.364. The number of rotatable bonds is 4. The number of hydrogen-bond acceptors (Lipinski definition) is 6. The number of anilines is 1. The van der Waals surface area contributed by atoms with Gasteiger partial charge in [0.2, 0.25) is 0 Å². The molecule has 1 aromatic heterocycles. The van der Waals surface area contributed by atoms with Gasteiger partial charge in [0.1, 0.15) is 21.7 Å². The zero-order valence-electron chi connectivity index (χ0n) is 9.57. The van der Waals surface area contributed by atoms with E-state index in [4.69, 9.17) is 11.0 Å².